The third kappa shape index (κ3) is 3.56. The van der Waals surface area contributed by atoms with Gasteiger partial charge in [-0.15, -0.1) is 0 Å². The first kappa shape index (κ1) is 14.5. The van der Waals surface area contributed by atoms with E-state index in [0.29, 0.717) is 18.8 Å². The number of halogens is 1. The zero-order valence-electron chi connectivity index (χ0n) is 12.2. The van der Waals surface area contributed by atoms with Crippen LogP contribution in [-0.4, -0.2) is 34.7 Å². The van der Waals surface area contributed by atoms with Crippen molar-refractivity contribution in [1.82, 2.24) is 9.88 Å². The van der Waals surface area contributed by atoms with Crippen molar-refractivity contribution >= 4 is 11.7 Å². The summed E-state index contributed by atoms with van der Waals surface area (Å²) in [5.41, 5.74) is 1.71. The molecule has 0 aromatic carbocycles. The Balaban J connectivity index is 2.06. The third-order valence-electron chi connectivity index (χ3n) is 2.84. The largest absolute Gasteiger partial charge is 0.444 e. The van der Waals surface area contributed by atoms with E-state index < -0.39 is 11.5 Å². The number of carbonyl (C=O) groups excluding carboxylic acids is 1. The molecule has 0 N–H and O–H groups in total. The normalized spacial score (nSPS) is 15.2. The molecule has 5 heteroatoms. The number of aromatic nitrogens is 1. The number of hydrogen-bond donors (Lipinski definition) is 0. The monoisotopic (exact) mass is 278 g/mol. The highest BCUT2D eigenvalue weighted by molar-refractivity contribution is 5.76. The minimum Gasteiger partial charge on any atom is -0.444 e. The third-order valence-corrected chi connectivity index (χ3v) is 2.84. The molecule has 0 saturated heterocycles. The van der Waals surface area contributed by atoms with Gasteiger partial charge in [0.15, 0.2) is 0 Å². The van der Waals surface area contributed by atoms with Crippen LogP contribution in [0.5, 0.6) is 0 Å². The van der Waals surface area contributed by atoms with Gasteiger partial charge in [-0.25, -0.2) is 9.78 Å². The second kappa shape index (κ2) is 5.23. The summed E-state index contributed by atoms with van der Waals surface area (Å²) in [5, 5.41) is 0. The number of carbonyl (C=O) groups is 1. The number of rotatable bonds is 1. The molecule has 1 aliphatic heterocycles. The van der Waals surface area contributed by atoms with Gasteiger partial charge in [0.1, 0.15) is 5.60 Å². The van der Waals surface area contributed by atoms with Crippen LogP contribution in [0.4, 0.5) is 9.18 Å². The van der Waals surface area contributed by atoms with E-state index in [1.807, 2.05) is 39.8 Å². The molecule has 0 saturated carbocycles. The predicted molar refractivity (Wildman–Crippen MR) is 74.7 cm³/mol. The fourth-order valence-electron chi connectivity index (χ4n) is 2.00. The second-order valence-electron chi connectivity index (χ2n) is 5.94. The van der Waals surface area contributed by atoms with Crippen LogP contribution < -0.4 is 0 Å². The zero-order chi connectivity index (χ0) is 14.9. The van der Waals surface area contributed by atoms with Gasteiger partial charge >= 0.3 is 6.09 Å². The first-order valence-corrected chi connectivity index (χ1v) is 6.56. The molecule has 1 amide bonds. The summed E-state index contributed by atoms with van der Waals surface area (Å²) in [4.78, 5) is 17.4. The van der Waals surface area contributed by atoms with Crippen LogP contribution in [0.3, 0.4) is 0 Å². The Kier molecular flexibility index (Phi) is 3.79. The van der Waals surface area contributed by atoms with E-state index in [-0.39, 0.29) is 6.09 Å². The number of amides is 1. The van der Waals surface area contributed by atoms with E-state index in [4.69, 9.17) is 4.74 Å². The first-order chi connectivity index (χ1) is 9.24. The predicted octanol–water partition coefficient (Wildman–Crippen LogP) is 3.16. The number of nitrogens with zero attached hydrogens (tertiary/aromatic N) is 2. The summed E-state index contributed by atoms with van der Waals surface area (Å²) < 4.78 is 18.6. The minimum atomic E-state index is -0.520. The molecule has 2 heterocycles. The quantitative estimate of drug-likeness (QED) is 0.741. The Labute approximate surface area is 118 Å². The Hall–Kier alpha value is -1.91. The van der Waals surface area contributed by atoms with E-state index in [1.54, 1.807) is 4.90 Å². The molecule has 1 aromatic rings. The van der Waals surface area contributed by atoms with E-state index in [9.17, 15) is 9.18 Å². The zero-order valence-corrected chi connectivity index (χ0v) is 12.2. The fourth-order valence-corrected chi connectivity index (χ4v) is 2.00. The van der Waals surface area contributed by atoms with Gasteiger partial charge in [0.2, 0.25) is 5.95 Å². The van der Waals surface area contributed by atoms with Crippen LogP contribution in [0.2, 0.25) is 0 Å². The average molecular weight is 278 g/mol. The molecule has 108 valence electrons. The number of aryl methyl sites for hydroxylation is 1. The van der Waals surface area contributed by atoms with E-state index in [2.05, 4.69) is 4.98 Å². The lowest BCUT2D eigenvalue weighted by Gasteiger charge is -2.24. The van der Waals surface area contributed by atoms with Gasteiger partial charge in [-0.2, -0.15) is 4.39 Å². The first-order valence-electron chi connectivity index (χ1n) is 6.56. The van der Waals surface area contributed by atoms with Crippen molar-refractivity contribution < 1.29 is 13.9 Å². The molecule has 0 unspecified atom stereocenters. The molecular formula is C15H19FN2O2. The van der Waals surface area contributed by atoms with Crippen molar-refractivity contribution in [3.05, 3.63) is 35.4 Å². The molecule has 0 spiro atoms. The van der Waals surface area contributed by atoms with Gasteiger partial charge in [0.25, 0.3) is 0 Å². The standard InChI is InChI=1S/C15H19FN2O2/c1-10-7-12(17-13(16)8-10)11-5-6-18(9-11)14(19)20-15(2,3)4/h5,7-8H,6,9H2,1-4H3. The molecule has 1 aliphatic rings. The van der Waals surface area contributed by atoms with E-state index >= 15 is 0 Å². The lowest BCUT2D eigenvalue weighted by atomic mass is 10.1. The Bertz CT molecular complexity index is 541. The van der Waals surface area contributed by atoms with Crippen LogP contribution in [0, 0.1) is 12.9 Å². The molecule has 0 aliphatic carbocycles. The van der Waals surface area contributed by atoms with Crippen molar-refractivity contribution in [2.45, 2.75) is 33.3 Å². The van der Waals surface area contributed by atoms with E-state index in [0.717, 1.165) is 11.1 Å². The molecule has 20 heavy (non-hydrogen) atoms. The minimum absolute atomic E-state index is 0.364. The smallest absolute Gasteiger partial charge is 0.410 e. The van der Waals surface area contributed by atoms with Gasteiger partial charge in [-0.1, -0.05) is 6.08 Å². The van der Waals surface area contributed by atoms with Crippen LogP contribution >= 0.6 is 0 Å². The average Bonchev–Trinajstić information content (AvgIpc) is 2.74. The van der Waals surface area contributed by atoms with E-state index in [1.165, 1.54) is 6.07 Å². The summed E-state index contributed by atoms with van der Waals surface area (Å²) >= 11 is 0. The maximum absolute atomic E-state index is 13.3. The van der Waals surface area contributed by atoms with Gasteiger partial charge in [0, 0.05) is 6.54 Å². The van der Waals surface area contributed by atoms with Crippen LogP contribution in [-0.2, 0) is 4.74 Å². The van der Waals surface area contributed by atoms with Gasteiger partial charge < -0.3 is 9.64 Å². The number of ether oxygens (including phenoxy) is 1. The summed E-state index contributed by atoms with van der Waals surface area (Å²) in [6, 6.07) is 3.19. The lowest BCUT2D eigenvalue weighted by Crippen LogP contribution is -2.35. The topological polar surface area (TPSA) is 42.4 Å². The SMILES string of the molecule is Cc1cc(F)nc(C2=CCN(C(=O)OC(C)(C)C)C2)c1. The van der Waals surface area contributed by atoms with Crippen molar-refractivity contribution in [1.29, 1.82) is 0 Å². The highest BCUT2D eigenvalue weighted by Crippen LogP contribution is 2.22. The highest BCUT2D eigenvalue weighted by atomic mass is 19.1. The molecule has 0 bridgehead atoms. The highest BCUT2D eigenvalue weighted by Gasteiger charge is 2.26. The van der Waals surface area contributed by atoms with Gasteiger partial charge in [0.05, 0.1) is 12.2 Å². The summed E-state index contributed by atoms with van der Waals surface area (Å²) in [6.07, 6.45) is 1.52. The van der Waals surface area contributed by atoms with Crippen LogP contribution in [0.25, 0.3) is 5.57 Å². The van der Waals surface area contributed by atoms with Crippen molar-refractivity contribution in [2.75, 3.05) is 13.1 Å². The molecule has 0 atom stereocenters. The molecular weight excluding hydrogens is 259 g/mol. The molecule has 0 radical (unpaired) electrons. The maximum Gasteiger partial charge on any atom is 0.410 e. The van der Waals surface area contributed by atoms with Crippen LogP contribution in [0.15, 0.2) is 18.2 Å². The Morgan fingerprint density at radius 2 is 2.10 bits per heavy atom. The summed E-state index contributed by atoms with van der Waals surface area (Å²) in [7, 11) is 0. The van der Waals surface area contributed by atoms with Crippen LogP contribution in [0.1, 0.15) is 32.0 Å². The van der Waals surface area contributed by atoms with Crippen molar-refractivity contribution in [3.63, 3.8) is 0 Å². The summed E-state index contributed by atoms with van der Waals surface area (Å²) in [6.45, 7) is 8.15. The van der Waals surface area contributed by atoms with Gasteiger partial charge in [-0.05, 0) is 51.0 Å². The molecule has 4 nitrogen and oxygen atoms in total. The number of hydrogen-bond acceptors (Lipinski definition) is 3. The van der Waals surface area contributed by atoms with Crippen molar-refractivity contribution in [2.24, 2.45) is 0 Å². The molecule has 2 rings (SSSR count). The van der Waals surface area contributed by atoms with Gasteiger partial charge in [-0.3, -0.25) is 0 Å². The Morgan fingerprint density at radius 1 is 1.40 bits per heavy atom. The molecule has 0 fully saturated rings. The lowest BCUT2D eigenvalue weighted by molar-refractivity contribution is 0.0306. The second-order valence-corrected chi connectivity index (χ2v) is 5.94. The number of pyridine rings is 1. The molecule has 1 aromatic heterocycles. The maximum atomic E-state index is 13.3. The fraction of sp³-hybridized carbons (Fsp3) is 0.467. The van der Waals surface area contributed by atoms with Crippen molar-refractivity contribution in [3.8, 4) is 0 Å². The summed E-state index contributed by atoms with van der Waals surface area (Å²) in [5.74, 6) is -0.503. The Morgan fingerprint density at radius 3 is 2.70 bits per heavy atom.